The van der Waals surface area contributed by atoms with E-state index in [0.29, 0.717) is 6.42 Å². The highest BCUT2D eigenvalue weighted by Crippen LogP contribution is 2.24. The second kappa shape index (κ2) is 9.72. The van der Waals surface area contributed by atoms with Crippen LogP contribution in [0.1, 0.15) is 37.7 Å². The van der Waals surface area contributed by atoms with E-state index in [1.54, 1.807) is 0 Å². The van der Waals surface area contributed by atoms with Crippen molar-refractivity contribution in [1.82, 2.24) is 15.1 Å². The quantitative estimate of drug-likeness (QED) is 0.848. The predicted octanol–water partition coefficient (Wildman–Crippen LogP) is 2.07. The monoisotopic (exact) mass is 357 g/mol. The zero-order valence-corrected chi connectivity index (χ0v) is 15.7. The van der Waals surface area contributed by atoms with Crippen LogP contribution in [0.3, 0.4) is 0 Å². The van der Waals surface area contributed by atoms with Gasteiger partial charge in [-0.1, -0.05) is 49.6 Å². The number of piperazine rings is 1. The summed E-state index contributed by atoms with van der Waals surface area (Å²) in [5.74, 6) is 0.785. The zero-order chi connectivity index (χ0) is 18.2. The lowest BCUT2D eigenvalue weighted by atomic mass is 9.89. The number of carbonyl (C=O) groups is 2. The lowest BCUT2D eigenvalue weighted by molar-refractivity contribution is -0.134. The molecule has 1 aliphatic carbocycles. The molecular weight excluding hydrogens is 326 g/mol. The van der Waals surface area contributed by atoms with Crippen molar-refractivity contribution in [3.05, 3.63) is 35.9 Å². The smallest absolute Gasteiger partial charge is 0.242 e. The zero-order valence-electron chi connectivity index (χ0n) is 15.7. The summed E-state index contributed by atoms with van der Waals surface area (Å²) in [7, 11) is 0. The van der Waals surface area contributed by atoms with Crippen LogP contribution in [0.25, 0.3) is 0 Å². The molecular formula is C21H31N3O2. The summed E-state index contributed by atoms with van der Waals surface area (Å²) in [5.41, 5.74) is 0.966. The molecule has 1 saturated heterocycles. The van der Waals surface area contributed by atoms with E-state index in [1.165, 1.54) is 38.6 Å². The van der Waals surface area contributed by atoms with Crippen LogP contribution in [0.2, 0.25) is 0 Å². The molecule has 142 valence electrons. The average Bonchev–Trinajstić information content (AvgIpc) is 2.68. The Morgan fingerprint density at radius 1 is 0.962 bits per heavy atom. The maximum absolute atomic E-state index is 12.3. The van der Waals surface area contributed by atoms with Crippen molar-refractivity contribution in [3.8, 4) is 0 Å². The Kier molecular flexibility index (Phi) is 7.06. The van der Waals surface area contributed by atoms with E-state index in [9.17, 15) is 9.59 Å². The molecule has 0 aromatic heterocycles. The minimum atomic E-state index is -0.0968. The maximum Gasteiger partial charge on any atom is 0.242 e. The third-order valence-electron chi connectivity index (χ3n) is 5.61. The number of nitrogens with one attached hydrogen (secondary N) is 1. The summed E-state index contributed by atoms with van der Waals surface area (Å²) in [6.07, 6.45) is 7.22. The first kappa shape index (κ1) is 18.9. The Balaban J connectivity index is 1.33. The molecule has 2 amide bonds. The second-order valence-electron chi connectivity index (χ2n) is 7.62. The van der Waals surface area contributed by atoms with Gasteiger partial charge in [-0.25, -0.2) is 0 Å². The van der Waals surface area contributed by atoms with Gasteiger partial charge < -0.3 is 10.2 Å². The van der Waals surface area contributed by atoms with Gasteiger partial charge in [-0.2, -0.15) is 0 Å². The summed E-state index contributed by atoms with van der Waals surface area (Å²) < 4.78 is 0. The first-order chi connectivity index (χ1) is 12.7. The molecule has 26 heavy (non-hydrogen) atoms. The van der Waals surface area contributed by atoms with E-state index in [-0.39, 0.29) is 18.4 Å². The number of nitrogens with zero attached hydrogens (tertiary/aromatic N) is 2. The van der Waals surface area contributed by atoms with Crippen LogP contribution in [-0.2, 0) is 16.0 Å². The first-order valence-corrected chi connectivity index (χ1v) is 10.0. The van der Waals surface area contributed by atoms with Crippen molar-refractivity contribution in [2.75, 3.05) is 39.3 Å². The topological polar surface area (TPSA) is 52.7 Å². The largest absolute Gasteiger partial charge is 0.347 e. The van der Waals surface area contributed by atoms with Gasteiger partial charge in [-0.3, -0.25) is 14.5 Å². The van der Waals surface area contributed by atoms with Crippen LogP contribution in [0.15, 0.2) is 30.3 Å². The molecule has 0 spiro atoms. The molecule has 5 heteroatoms. The molecule has 0 radical (unpaired) electrons. The second-order valence-corrected chi connectivity index (χ2v) is 7.62. The van der Waals surface area contributed by atoms with Crippen LogP contribution in [0.5, 0.6) is 0 Å². The van der Waals surface area contributed by atoms with E-state index >= 15 is 0 Å². The molecule has 5 nitrogen and oxygen atoms in total. The van der Waals surface area contributed by atoms with Crippen LogP contribution >= 0.6 is 0 Å². The van der Waals surface area contributed by atoms with Crippen molar-refractivity contribution in [2.24, 2.45) is 5.92 Å². The molecule has 1 saturated carbocycles. The number of amides is 2. The summed E-state index contributed by atoms with van der Waals surface area (Å²) >= 11 is 0. The van der Waals surface area contributed by atoms with Gasteiger partial charge in [0.15, 0.2) is 0 Å². The number of rotatable bonds is 6. The van der Waals surface area contributed by atoms with Gasteiger partial charge in [0, 0.05) is 32.7 Å². The molecule has 2 fully saturated rings. The van der Waals surface area contributed by atoms with Crippen molar-refractivity contribution in [2.45, 2.75) is 38.5 Å². The molecule has 1 N–H and O–H groups in total. The van der Waals surface area contributed by atoms with Crippen LogP contribution in [-0.4, -0.2) is 60.9 Å². The molecule has 3 rings (SSSR count). The van der Waals surface area contributed by atoms with Gasteiger partial charge in [0.2, 0.25) is 11.8 Å². The van der Waals surface area contributed by atoms with E-state index in [4.69, 9.17) is 0 Å². The number of hydrogen-bond acceptors (Lipinski definition) is 3. The van der Waals surface area contributed by atoms with Crippen molar-refractivity contribution in [3.63, 3.8) is 0 Å². The Morgan fingerprint density at radius 2 is 1.65 bits per heavy atom. The molecule has 0 atom stereocenters. The number of benzene rings is 1. The van der Waals surface area contributed by atoms with Gasteiger partial charge >= 0.3 is 0 Å². The normalized spacial score (nSPS) is 19.3. The number of hydrogen-bond donors (Lipinski definition) is 1. The van der Waals surface area contributed by atoms with E-state index < -0.39 is 0 Å². The SMILES string of the molecule is O=C(Cc1ccccc1)NCC(=O)N1CCN(CC2CCCCC2)CC1. The molecule has 1 aliphatic heterocycles. The van der Waals surface area contributed by atoms with Crippen molar-refractivity contribution < 1.29 is 9.59 Å². The molecule has 2 aliphatic rings. The standard InChI is InChI=1S/C21H31N3O2/c25-20(15-18-7-3-1-4-8-18)22-16-21(26)24-13-11-23(12-14-24)17-19-9-5-2-6-10-19/h1,3-4,7-8,19H,2,5-6,9-17H2,(H,22,25). The highest BCUT2D eigenvalue weighted by Gasteiger charge is 2.24. The van der Waals surface area contributed by atoms with Gasteiger partial charge in [0.1, 0.15) is 0 Å². The Hall–Kier alpha value is -1.88. The summed E-state index contributed by atoms with van der Waals surface area (Å²) in [4.78, 5) is 28.7. The molecule has 0 unspecified atom stereocenters. The summed E-state index contributed by atoms with van der Waals surface area (Å²) in [5, 5.41) is 2.76. The fourth-order valence-corrected chi connectivity index (χ4v) is 4.04. The lowest BCUT2D eigenvalue weighted by Gasteiger charge is -2.37. The van der Waals surface area contributed by atoms with Crippen LogP contribution in [0, 0.1) is 5.92 Å². The van der Waals surface area contributed by atoms with Gasteiger partial charge in [-0.15, -0.1) is 0 Å². The van der Waals surface area contributed by atoms with E-state index in [2.05, 4.69) is 10.2 Å². The van der Waals surface area contributed by atoms with Crippen LogP contribution in [0.4, 0.5) is 0 Å². The highest BCUT2D eigenvalue weighted by molar-refractivity contribution is 5.85. The van der Waals surface area contributed by atoms with Gasteiger partial charge in [0.05, 0.1) is 13.0 Å². The van der Waals surface area contributed by atoms with E-state index in [0.717, 1.165) is 37.7 Å². The van der Waals surface area contributed by atoms with Crippen molar-refractivity contribution >= 4 is 11.8 Å². The van der Waals surface area contributed by atoms with Gasteiger partial charge in [-0.05, 0) is 24.3 Å². The molecule has 1 aromatic rings. The maximum atomic E-state index is 12.3. The average molecular weight is 357 g/mol. The Morgan fingerprint density at radius 3 is 2.35 bits per heavy atom. The Bertz CT molecular complexity index is 576. The number of carbonyl (C=O) groups excluding carboxylic acids is 2. The molecule has 1 aromatic carbocycles. The molecule has 0 bridgehead atoms. The molecule has 1 heterocycles. The minimum Gasteiger partial charge on any atom is -0.347 e. The third-order valence-corrected chi connectivity index (χ3v) is 5.61. The van der Waals surface area contributed by atoms with E-state index in [1.807, 2.05) is 35.2 Å². The third kappa shape index (κ3) is 5.84. The fourth-order valence-electron chi connectivity index (χ4n) is 4.04. The summed E-state index contributed by atoms with van der Waals surface area (Å²) in [6.45, 7) is 4.77. The highest BCUT2D eigenvalue weighted by atomic mass is 16.2. The minimum absolute atomic E-state index is 0.0312. The van der Waals surface area contributed by atoms with Gasteiger partial charge in [0.25, 0.3) is 0 Å². The first-order valence-electron chi connectivity index (χ1n) is 10.0. The predicted molar refractivity (Wildman–Crippen MR) is 103 cm³/mol. The van der Waals surface area contributed by atoms with Crippen LogP contribution < -0.4 is 5.32 Å². The fraction of sp³-hybridized carbons (Fsp3) is 0.619. The van der Waals surface area contributed by atoms with Crippen molar-refractivity contribution in [1.29, 1.82) is 0 Å². The summed E-state index contributed by atoms with van der Waals surface area (Å²) in [6, 6.07) is 9.61. The Labute approximate surface area is 156 Å². The lowest BCUT2D eigenvalue weighted by Crippen LogP contribution is -2.52.